The van der Waals surface area contributed by atoms with Crippen LogP contribution in [0.3, 0.4) is 0 Å². The first-order valence-corrected chi connectivity index (χ1v) is 9.84. The highest BCUT2D eigenvalue weighted by atomic mass is 16.6. The Hall–Kier alpha value is -2.83. The van der Waals surface area contributed by atoms with Gasteiger partial charge in [0, 0.05) is 12.1 Å². The summed E-state index contributed by atoms with van der Waals surface area (Å²) in [5.74, 6) is 0.683. The summed E-state index contributed by atoms with van der Waals surface area (Å²) >= 11 is 0. The molecule has 0 spiro atoms. The number of carbonyl (C=O) groups excluding carboxylic acids is 1. The number of nitrogens with zero attached hydrogens (tertiary/aromatic N) is 3. The van der Waals surface area contributed by atoms with Crippen LogP contribution in [0.1, 0.15) is 51.1 Å². The zero-order valence-corrected chi connectivity index (χ0v) is 16.3. The van der Waals surface area contributed by atoms with Gasteiger partial charge in [-0.25, -0.2) is 14.8 Å². The molecule has 0 bridgehead atoms. The van der Waals surface area contributed by atoms with Crippen LogP contribution < -0.4 is 11.1 Å². The van der Waals surface area contributed by atoms with Crippen LogP contribution in [0, 0.1) is 0 Å². The molecular weight excluding hydrogens is 354 g/mol. The maximum Gasteiger partial charge on any atom is 0.411 e. The van der Waals surface area contributed by atoms with Crippen LogP contribution in [-0.2, 0) is 4.74 Å². The smallest absolute Gasteiger partial charge is 0.411 e. The number of hydrogen-bond acceptors (Lipinski definition) is 6. The van der Waals surface area contributed by atoms with Crippen LogP contribution in [0.4, 0.5) is 16.3 Å². The molecule has 1 atom stereocenters. The van der Waals surface area contributed by atoms with Gasteiger partial charge >= 0.3 is 6.09 Å². The van der Waals surface area contributed by atoms with Crippen LogP contribution in [-0.4, -0.2) is 38.6 Å². The predicted molar refractivity (Wildman–Crippen MR) is 108 cm³/mol. The Morgan fingerprint density at radius 1 is 1.18 bits per heavy atom. The number of amides is 1. The summed E-state index contributed by atoms with van der Waals surface area (Å²) < 4.78 is 5.76. The summed E-state index contributed by atoms with van der Waals surface area (Å²) in [7, 11) is 0. The third-order valence-corrected chi connectivity index (χ3v) is 5.78. The normalized spacial score (nSPS) is 26.7. The summed E-state index contributed by atoms with van der Waals surface area (Å²) in [6.45, 7) is 3.99. The lowest BCUT2D eigenvalue weighted by Crippen LogP contribution is -2.44. The lowest BCUT2D eigenvalue weighted by molar-refractivity contribution is 0.0664. The quantitative estimate of drug-likeness (QED) is 0.838. The number of aromatic nitrogens is 2. The van der Waals surface area contributed by atoms with Gasteiger partial charge in [0.05, 0.1) is 17.9 Å². The second-order valence-corrected chi connectivity index (χ2v) is 8.17. The van der Waals surface area contributed by atoms with Crippen LogP contribution in [0.5, 0.6) is 0 Å². The molecule has 1 unspecified atom stereocenters. The zero-order chi connectivity index (χ0) is 19.7. The zero-order valence-electron chi connectivity index (χ0n) is 16.3. The van der Waals surface area contributed by atoms with E-state index in [2.05, 4.69) is 27.4 Å². The molecule has 2 aliphatic rings. The van der Waals surface area contributed by atoms with Gasteiger partial charge in [0.15, 0.2) is 5.82 Å². The van der Waals surface area contributed by atoms with E-state index in [-0.39, 0.29) is 24.2 Å². The van der Waals surface area contributed by atoms with Crippen molar-refractivity contribution in [1.29, 1.82) is 0 Å². The molecule has 0 radical (unpaired) electrons. The molecule has 148 valence electrons. The van der Waals surface area contributed by atoms with Gasteiger partial charge in [0.2, 0.25) is 0 Å². The van der Waals surface area contributed by atoms with Gasteiger partial charge < -0.3 is 15.8 Å². The van der Waals surface area contributed by atoms with Gasteiger partial charge in [-0.1, -0.05) is 30.3 Å². The molecule has 2 aromatic rings. The van der Waals surface area contributed by atoms with Crippen molar-refractivity contribution in [2.24, 2.45) is 0 Å². The van der Waals surface area contributed by atoms with Gasteiger partial charge in [-0.15, -0.1) is 0 Å². The van der Waals surface area contributed by atoms with Gasteiger partial charge in [-0.05, 0) is 45.1 Å². The van der Waals surface area contributed by atoms with Crippen molar-refractivity contribution in [3.8, 4) is 0 Å². The molecule has 1 aliphatic carbocycles. The van der Waals surface area contributed by atoms with Crippen LogP contribution >= 0.6 is 0 Å². The minimum Gasteiger partial charge on any atom is -0.441 e. The molecule has 1 aromatic carbocycles. The highest BCUT2D eigenvalue weighted by molar-refractivity contribution is 5.72. The number of rotatable bonds is 4. The van der Waals surface area contributed by atoms with Crippen molar-refractivity contribution in [2.75, 3.05) is 11.1 Å². The van der Waals surface area contributed by atoms with E-state index in [1.165, 1.54) is 6.33 Å². The average molecular weight is 381 g/mol. The van der Waals surface area contributed by atoms with E-state index in [9.17, 15) is 4.79 Å². The average Bonchev–Trinajstić information content (AvgIpc) is 2.93. The Bertz CT molecular complexity index is 834. The molecule has 7 nitrogen and oxygen atoms in total. The monoisotopic (exact) mass is 381 g/mol. The first-order valence-electron chi connectivity index (χ1n) is 9.84. The maximum absolute atomic E-state index is 12.7. The second kappa shape index (κ2) is 7.30. The number of benzene rings is 1. The van der Waals surface area contributed by atoms with Gasteiger partial charge in [0.1, 0.15) is 11.9 Å². The van der Waals surface area contributed by atoms with Crippen LogP contribution in [0.25, 0.3) is 0 Å². The van der Waals surface area contributed by atoms with E-state index in [1.54, 1.807) is 6.20 Å². The van der Waals surface area contributed by atoms with Gasteiger partial charge in [-0.3, -0.25) is 4.90 Å². The van der Waals surface area contributed by atoms with Crippen molar-refractivity contribution in [2.45, 2.75) is 63.3 Å². The fourth-order valence-electron chi connectivity index (χ4n) is 4.48. The molecule has 1 saturated carbocycles. The Labute approximate surface area is 165 Å². The van der Waals surface area contributed by atoms with Crippen molar-refractivity contribution < 1.29 is 9.53 Å². The van der Waals surface area contributed by atoms with Crippen LogP contribution in [0.15, 0.2) is 42.9 Å². The third-order valence-electron chi connectivity index (χ3n) is 5.78. The molecule has 1 saturated heterocycles. The van der Waals surface area contributed by atoms with E-state index >= 15 is 0 Å². The first kappa shape index (κ1) is 18.5. The van der Waals surface area contributed by atoms with Crippen molar-refractivity contribution >= 4 is 17.6 Å². The molecule has 7 heteroatoms. The van der Waals surface area contributed by atoms with Crippen molar-refractivity contribution in [3.63, 3.8) is 0 Å². The molecule has 3 N–H and O–H groups in total. The first-order chi connectivity index (χ1) is 13.5. The molecule has 1 aliphatic heterocycles. The Morgan fingerprint density at radius 3 is 2.57 bits per heavy atom. The molecule has 2 heterocycles. The molecule has 1 aromatic heterocycles. The van der Waals surface area contributed by atoms with Crippen molar-refractivity contribution in [3.05, 3.63) is 48.4 Å². The highest BCUT2D eigenvalue weighted by Gasteiger charge is 2.51. The van der Waals surface area contributed by atoms with Gasteiger partial charge in [-0.2, -0.15) is 0 Å². The Kier molecular flexibility index (Phi) is 4.83. The van der Waals surface area contributed by atoms with Crippen LogP contribution in [0.2, 0.25) is 0 Å². The van der Waals surface area contributed by atoms with Gasteiger partial charge in [0.25, 0.3) is 0 Å². The number of nitrogens with two attached hydrogens (primary N) is 1. The largest absolute Gasteiger partial charge is 0.441 e. The standard InChI is InChI=1S/C21H27N5O2/c1-21(2)18(14-6-4-3-5-7-14)26(20(27)28-21)16-10-8-15(9-11-16)25-19-17(22)12-23-13-24-19/h3-7,12-13,15-16,18H,8-11,22H2,1-2H3,(H,23,24,25). The summed E-state index contributed by atoms with van der Waals surface area (Å²) in [6.07, 6.45) is 6.61. The lowest BCUT2D eigenvalue weighted by atomic mass is 9.86. The summed E-state index contributed by atoms with van der Waals surface area (Å²) in [6, 6.07) is 10.6. The number of ether oxygens (including phenoxy) is 1. The van der Waals surface area contributed by atoms with Crippen molar-refractivity contribution in [1.82, 2.24) is 14.9 Å². The predicted octanol–water partition coefficient (Wildman–Crippen LogP) is 3.75. The minimum absolute atomic E-state index is 0.0757. The molecule has 28 heavy (non-hydrogen) atoms. The number of carbonyl (C=O) groups is 1. The minimum atomic E-state index is -0.553. The number of anilines is 2. The summed E-state index contributed by atoms with van der Waals surface area (Å²) in [5.41, 5.74) is 7.06. The number of hydrogen-bond donors (Lipinski definition) is 2. The highest BCUT2D eigenvalue weighted by Crippen LogP contribution is 2.44. The maximum atomic E-state index is 12.7. The fourth-order valence-corrected chi connectivity index (χ4v) is 4.48. The topological polar surface area (TPSA) is 93.4 Å². The van der Waals surface area contributed by atoms with E-state index in [0.717, 1.165) is 31.2 Å². The molecular formula is C21H27N5O2. The third kappa shape index (κ3) is 3.48. The van der Waals surface area contributed by atoms with E-state index in [1.807, 2.05) is 36.9 Å². The summed E-state index contributed by atoms with van der Waals surface area (Å²) in [5, 5.41) is 3.42. The SMILES string of the molecule is CC1(C)OC(=O)N(C2CCC(Nc3ncncc3N)CC2)C1c1ccccc1. The summed E-state index contributed by atoms with van der Waals surface area (Å²) in [4.78, 5) is 22.9. The number of cyclic esters (lactones) is 1. The van der Waals surface area contributed by atoms with E-state index in [4.69, 9.17) is 10.5 Å². The second-order valence-electron chi connectivity index (χ2n) is 8.17. The Morgan fingerprint density at radius 2 is 1.89 bits per heavy atom. The number of nitrogen functional groups attached to an aromatic ring is 1. The Balaban J connectivity index is 1.47. The number of nitrogens with one attached hydrogen (secondary N) is 1. The fraction of sp³-hybridized carbons (Fsp3) is 0.476. The van der Waals surface area contributed by atoms with E-state index < -0.39 is 5.60 Å². The molecule has 2 fully saturated rings. The van der Waals surface area contributed by atoms with E-state index in [0.29, 0.717) is 11.5 Å². The molecule has 4 rings (SSSR count). The molecule has 1 amide bonds. The lowest BCUT2D eigenvalue weighted by Gasteiger charge is -2.38.